The minimum absolute atomic E-state index is 0.516. The van der Waals surface area contributed by atoms with Crippen LogP contribution in [0, 0.1) is 0 Å². The summed E-state index contributed by atoms with van der Waals surface area (Å²) in [6.07, 6.45) is 2.75. The zero-order valence-corrected chi connectivity index (χ0v) is 9.98. The van der Waals surface area contributed by atoms with E-state index < -0.39 is 0 Å². The van der Waals surface area contributed by atoms with Crippen molar-refractivity contribution in [3.05, 3.63) is 48.2 Å². The summed E-state index contributed by atoms with van der Waals surface area (Å²) in [5.74, 6) is 1.31. The molecule has 0 atom stereocenters. The lowest BCUT2D eigenvalue weighted by molar-refractivity contribution is 0.346. The van der Waals surface area contributed by atoms with Crippen molar-refractivity contribution in [1.29, 1.82) is 0 Å². The SMILES string of the molecule is CCCNCc1ccc(Oc2ccco2)cc1. The van der Waals surface area contributed by atoms with Gasteiger partial charge in [-0.05, 0) is 36.7 Å². The van der Waals surface area contributed by atoms with Gasteiger partial charge in [-0.3, -0.25) is 0 Å². The van der Waals surface area contributed by atoms with E-state index in [1.807, 2.05) is 12.1 Å². The van der Waals surface area contributed by atoms with Crippen LogP contribution >= 0.6 is 0 Å². The first-order valence-corrected chi connectivity index (χ1v) is 5.89. The van der Waals surface area contributed by atoms with Gasteiger partial charge in [-0.1, -0.05) is 19.1 Å². The largest absolute Gasteiger partial charge is 0.434 e. The van der Waals surface area contributed by atoms with Crippen LogP contribution in [0.5, 0.6) is 11.7 Å². The van der Waals surface area contributed by atoms with Crippen LogP contribution in [0.1, 0.15) is 18.9 Å². The third-order valence-electron chi connectivity index (χ3n) is 2.39. The topological polar surface area (TPSA) is 34.4 Å². The van der Waals surface area contributed by atoms with Crippen molar-refractivity contribution in [2.24, 2.45) is 0 Å². The molecule has 0 aliphatic heterocycles. The van der Waals surface area contributed by atoms with Gasteiger partial charge in [-0.2, -0.15) is 0 Å². The van der Waals surface area contributed by atoms with Crippen LogP contribution in [-0.2, 0) is 6.54 Å². The van der Waals surface area contributed by atoms with Gasteiger partial charge in [0.15, 0.2) is 0 Å². The predicted octanol–water partition coefficient (Wildman–Crippen LogP) is 3.57. The van der Waals surface area contributed by atoms with Gasteiger partial charge in [0, 0.05) is 12.6 Å². The van der Waals surface area contributed by atoms with Gasteiger partial charge >= 0.3 is 0 Å². The molecule has 90 valence electrons. The van der Waals surface area contributed by atoms with E-state index >= 15 is 0 Å². The van der Waals surface area contributed by atoms with E-state index in [2.05, 4.69) is 24.4 Å². The molecule has 2 rings (SSSR count). The van der Waals surface area contributed by atoms with Crippen molar-refractivity contribution in [2.75, 3.05) is 6.54 Å². The van der Waals surface area contributed by atoms with Crippen LogP contribution in [0.2, 0.25) is 0 Å². The van der Waals surface area contributed by atoms with Crippen LogP contribution in [-0.4, -0.2) is 6.54 Å². The normalized spacial score (nSPS) is 10.4. The molecule has 3 heteroatoms. The summed E-state index contributed by atoms with van der Waals surface area (Å²) in [6, 6.07) is 11.6. The summed E-state index contributed by atoms with van der Waals surface area (Å²) in [4.78, 5) is 0. The van der Waals surface area contributed by atoms with Crippen LogP contribution in [0.25, 0.3) is 0 Å². The van der Waals surface area contributed by atoms with Crippen LogP contribution in [0.3, 0.4) is 0 Å². The highest BCUT2D eigenvalue weighted by atomic mass is 16.6. The first kappa shape index (κ1) is 11.7. The van der Waals surface area contributed by atoms with E-state index in [1.165, 1.54) is 5.56 Å². The first-order valence-electron chi connectivity index (χ1n) is 5.89. The number of nitrogens with one attached hydrogen (secondary N) is 1. The lowest BCUT2D eigenvalue weighted by Gasteiger charge is -2.05. The van der Waals surface area contributed by atoms with Gasteiger partial charge in [0.25, 0.3) is 5.95 Å². The molecule has 0 radical (unpaired) electrons. The number of hydrogen-bond acceptors (Lipinski definition) is 3. The summed E-state index contributed by atoms with van der Waals surface area (Å²) < 4.78 is 10.6. The van der Waals surface area contributed by atoms with E-state index in [0.717, 1.165) is 25.3 Å². The minimum Gasteiger partial charge on any atom is -0.434 e. The fourth-order valence-corrected chi connectivity index (χ4v) is 1.52. The van der Waals surface area contributed by atoms with Crippen LogP contribution in [0.4, 0.5) is 0 Å². The second-order valence-corrected chi connectivity index (χ2v) is 3.85. The van der Waals surface area contributed by atoms with Crippen molar-refractivity contribution in [1.82, 2.24) is 5.32 Å². The summed E-state index contributed by atoms with van der Waals surface area (Å²) in [5, 5.41) is 3.36. The van der Waals surface area contributed by atoms with Gasteiger partial charge in [-0.15, -0.1) is 0 Å². The molecule has 1 aromatic heterocycles. The molecular weight excluding hydrogens is 214 g/mol. The molecule has 0 aliphatic carbocycles. The molecule has 0 bridgehead atoms. The second kappa shape index (κ2) is 6.11. The quantitative estimate of drug-likeness (QED) is 0.772. The Kier molecular flexibility index (Phi) is 4.22. The molecule has 17 heavy (non-hydrogen) atoms. The molecule has 0 unspecified atom stereocenters. The van der Waals surface area contributed by atoms with Gasteiger partial charge < -0.3 is 14.5 Å². The third kappa shape index (κ3) is 3.64. The molecule has 2 aromatic rings. The Morgan fingerprint density at radius 3 is 2.65 bits per heavy atom. The van der Waals surface area contributed by atoms with Gasteiger partial charge in [0.2, 0.25) is 0 Å². The summed E-state index contributed by atoms with van der Waals surface area (Å²) in [5.41, 5.74) is 1.25. The van der Waals surface area contributed by atoms with Crippen molar-refractivity contribution in [3.63, 3.8) is 0 Å². The van der Waals surface area contributed by atoms with Crippen LogP contribution in [0.15, 0.2) is 47.1 Å². The number of hydrogen-bond donors (Lipinski definition) is 1. The van der Waals surface area contributed by atoms with Gasteiger partial charge in [-0.25, -0.2) is 0 Å². The maximum absolute atomic E-state index is 5.51. The fraction of sp³-hybridized carbons (Fsp3) is 0.286. The molecular formula is C14H17NO2. The number of benzene rings is 1. The van der Waals surface area contributed by atoms with Crippen molar-refractivity contribution >= 4 is 0 Å². The van der Waals surface area contributed by atoms with Crippen molar-refractivity contribution in [3.8, 4) is 11.7 Å². The maximum Gasteiger partial charge on any atom is 0.289 e. The molecule has 0 aliphatic rings. The minimum atomic E-state index is 0.516. The molecule has 1 aromatic carbocycles. The fourth-order valence-electron chi connectivity index (χ4n) is 1.52. The van der Waals surface area contributed by atoms with Crippen molar-refractivity contribution < 1.29 is 9.15 Å². The average Bonchev–Trinajstić information content (AvgIpc) is 2.85. The first-order chi connectivity index (χ1) is 8.38. The monoisotopic (exact) mass is 231 g/mol. The lowest BCUT2D eigenvalue weighted by Crippen LogP contribution is -2.13. The molecule has 1 N–H and O–H groups in total. The highest BCUT2D eigenvalue weighted by Crippen LogP contribution is 2.21. The Hall–Kier alpha value is -1.74. The van der Waals surface area contributed by atoms with Crippen molar-refractivity contribution in [2.45, 2.75) is 19.9 Å². The summed E-state index contributed by atoms with van der Waals surface area (Å²) in [6.45, 7) is 4.10. The molecule has 0 spiro atoms. The smallest absolute Gasteiger partial charge is 0.289 e. The Bertz CT molecular complexity index is 420. The summed E-state index contributed by atoms with van der Waals surface area (Å²) >= 11 is 0. The number of rotatable bonds is 6. The van der Waals surface area contributed by atoms with E-state index in [0.29, 0.717) is 5.95 Å². The van der Waals surface area contributed by atoms with E-state index in [1.54, 1.807) is 18.4 Å². The molecule has 3 nitrogen and oxygen atoms in total. The number of furan rings is 1. The Morgan fingerprint density at radius 2 is 2.00 bits per heavy atom. The molecule has 0 saturated heterocycles. The molecule has 0 amide bonds. The Balaban J connectivity index is 1.89. The van der Waals surface area contributed by atoms with Crippen LogP contribution < -0.4 is 10.1 Å². The summed E-state index contributed by atoms with van der Waals surface area (Å²) in [7, 11) is 0. The molecule has 0 fully saturated rings. The predicted molar refractivity (Wildman–Crippen MR) is 67.2 cm³/mol. The Morgan fingerprint density at radius 1 is 1.18 bits per heavy atom. The third-order valence-corrected chi connectivity index (χ3v) is 2.39. The zero-order chi connectivity index (χ0) is 11.9. The van der Waals surface area contributed by atoms with E-state index in [-0.39, 0.29) is 0 Å². The highest BCUT2D eigenvalue weighted by molar-refractivity contribution is 5.29. The highest BCUT2D eigenvalue weighted by Gasteiger charge is 1.99. The maximum atomic E-state index is 5.51. The average molecular weight is 231 g/mol. The van der Waals surface area contributed by atoms with Gasteiger partial charge in [0.1, 0.15) is 5.75 Å². The molecule has 1 heterocycles. The van der Waals surface area contributed by atoms with Gasteiger partial charge in [0.05, 0.1) is 6.26 Å². The zero-order valence-electron chi connectivity index (χ0n) is 9.98. The van der Waals surface area contributed by atoms with E-state index in [9.17, 15) is 0 Å². The standard InChI is InChI=1S/C14H17NO2/c1-2-9-15-11-12-5-7-13(8-6-12)17-14-4-3-10-16-14/h3-8,10,15H,2,9,11H2,1H3. The Labute approximate surface area is 101 Å². The van der Waals surface area contributed by atoms with E-state index in [4.69, 9.17) is 9.15 Å². The second-order valence-electron chi connectivity index (χ2n) is 3.85. The molecule has 0 saturated carbocycles. The lowest BCUT2D eigenvalue weighted by atomic mass is 10.2. The number of ether oxygens (including phenoxy) is 1.